The lowest BCUT2D eigenvalue weighted by molar-refractivity contribution is -0.147. The summed E-state index contributed by atoms with van der Waals surface area (Å²) in [6.45, 7) is 11.5. The fraction of sp³-hybridized carbons (Fsp3) is 0.407. The van der Waals surface area contributed by atoms with Crippen LogP contribution >= 0.6 is 22.6 Å². The van der Waals surface area contributed by atoms with E-state index in [0.717, 1.165) is 35.4 Å². The first kappa shape index (κ1) is 26.2. The predicted molar refractivity (Wildman–Crippen MR) is 142 cm³/mol. The van der Waals surface area contributed by atoms with E-state index in [-0.39, 0.29) is 18.3 Å². The smallest absolute Gasteiger partial charge is 0.313 e. The Kier molecular flexibility index (Phi) is 9.53. The fourth-order valence-electron chi connectivity index (χ4n) is 3.68. The fourth-order valence-corrected chi connectivity index (χ4v) is 4.35. The summed E-state index contributed by atoms with van der Waals surface area (Å²) < 4.78 is 18.1. The van der Waals surface area contributed by atoms with Gasteiger partial charge in [-0.2, -0.15) is 0 Å². The van der Waals surface area contributed by atoms with E-state index in [0.29, 0.717) is 34.5 Å². The van der Waals surface area contributed by atoms with Crippen molar-refractivity contribution in [1.29, 1.82) is 0 Å². The molecule has 6 nitrogen and oxygen atoms in total. The second-order valence-corrected chi connectivity index (χ2v) is 9.29. The molecule has 1 heterocycles. The van der Waals surface area contributed by atoms with E-state index in [9.17, 15) is 9.59 Å². The van der Waals surface area contributed by atoms with Gasteiger partial charge in [-0.25, -0.2) is 0 Å². The number of esters is 1. The molecule has 3 rings (SSSR count). The Labute approximate surface area is 214 Å². The maximum absolute atomic E-state index is 13.6. The molecule has 1 atom stereocenters. The largest absolute Gasteiger partial charge is 0.491 e. The first-order valence-electron chi connectivity index (χ1n) is 11.8. The van der Waals surface area contributed by atoms with Gasteiger partial charge in [-0.3, -0.25) is 9.59 Å². The van der Waals surface area contributed by atoms with Crippen molar-refractivity contribution < 1.29 is 23.5 Å². The average Bonchev–Trinajstić information content (AvgIpc) is 3.19. The summed E-state index contributed by atoms with van der Waals surface area (Å²) in [5.74, 6) is 0.477. The number of fused-ring (bicyclic) bond motifs is 1. The summed E-state index contributed by atoms with van der Waals surface area (Å²) in [6, 6.07) is 12.7. The van der Waals surface area contributed by atoms with Crippen molar-refractivity contribution in [2.24, 2.45) is 0 Å². The molecule has 0 N–H and O–H groups in total. The van der Waals surface area contributed by atoms with E-state index in [1.807, 2.05) is 44.2 Å². The SMILES string of the molecule is CC[C@H](C)OC(=O)Cc1oc2ccccc2c1C(=O)c1ccc(OCCN(CC)CC)c(I)c1. The number of para-hydroxylation sites is 1. The first-order valence-corrected chi connectivity index (χ1v) is 12.8. The number of ether oxygens (including phenoxy) is 2. The summed E-state index contributed by atoms with van der Waals surface area (Å²) >= 11 is 2.19. The van der Waals surface area contributed by atoms with Crippen LogP contribution in [0.4, 0.5) is 0 Å². The molecule has 0 fully saturated rings. The molecule has 2 aromatic carbocycles. The number of hydrogen-bond acceptors (Lipinski definition) is 6. The van der Waals surface area contributed by atoms with Crippen LogP contribution in [-0.4, -0.2) is 49.0 Å². The van der Waals surface area contributed by atoms with Crippen LogP contribution < -0.4 is 4.74 Å². The number of halogens is 1. The zero-order valence-electron chi connectivity index (χ0n) is 20.2. The van der Waals surface area contributed by atoms with Gasteiger partial charge in [-0.15, -0.1) is 0 Å². The highest BCUT2D eigenvalue weighted by molar-refractivity contribution is 14.1. The lowest BCUT2D eigenvalue weighted by atomic mass is 9.99. The van der Waals surface area contributed by atoms with Crippen molar-refractivity contribution in [3.63, 3.8) is 0 Å². The van der Waals surface area contributed by atoms with Crippen LogP contribution in [0, 0.1) is 3.57 Å². The third-order valence-electron chi connectivity index (χ3n) is 5.86. The first-order chi connectivity index (χ1) is 16.4. The molecular weight excluding hydrogens is 545 g/mol. The normalized spacial score (nSPS) is 12.2. The molecule has 0 saturated heterocycles. The maximum Gasteiger partial charge on any atom is 0.313 e. The Morgan fingerprint density at radius 3 is 2.50 bits per heavy atom. The van der Waals surface area contributed by atoms with Gasteiger partial charge >= 0.3 is 5.97 Å². The number of hydrogen-bond donors (Lipinski definition) is 0. The Balaban J connectivity index is 1.84. The molecule has 0 radical (unpaired) electrons. The van der Waals surface area contributed by atoms with Gasteiger partial charge in [0.15, 0.2) is 5.78 Å². The quantitative estimate of drug-likeness (QED) is 0.152. The molecule has 3 aromatic rings. The molecule has 0 aliphatic heterocycles. The van der Waals surface area contributed by atoms with Gasteiger partial charge in [-0.1, -0.05) is 39.0 Å². The van der Waals surface area contributed by atoms with Crippen LogP contribution in [0.5, 0.6) is 5.75 Å². The van der Waals surface area contributed by atoms with Crippen molar-refractivity contribution in [3.05, 3.63) is 62.9 Å². The molecular formula is C27H32INO5. The number of furan rings is 1. The van der Waals surface area contributed by atoms with Gasteiger partial charge in [0, 0.05) is 17.5 Å². The molecule has 1 aromatic heterocycles. The average molecular weight is 577 g/mol. The van der Waals surface area contributed by atoms with Gasteiger partial charge in [0.2, 0.25) is 0 Å². The molecule has 0 amide bonds. The Hall–Kier alpha value is -2.39. The van der Waals surface area contributed by atoms with Crippen molar-refractivity contribution in [2.45, 2.75) is 46.6 Å². The van der Waals surface area contributed by atoms with Crippen LogP contribution in [0.3, 0.4) is 0 Å². The van der Waals surface area contributed by atoms with Gasteiger partial charge in [0.1, 0.15) is 30.1 Å². The standard InChI is InChI=1S/C27H32INO5/c1-5-18(4)33-25(30)17-24-26(20-10-8-9-11-22(20)34-24)27(31)19-12-13-23(21(28)16-19)32-15-14-29(6-2)7-3/h8-13,16,18H,5-7,14-15,17H2,1-4H3/t18-/m0/s1. The van der Waals surface area contributed by atoms with Crippen LogP contribution in [-0.2, 0) is 16.0 Å². The lowest BCUT2D eigenvalue weighted by Crippen LogP contribution is -2.28. The van der Waals surface area contributed by atoms with Crippen LogP contribution in [0.25, 0.3) is 11.0 Å². The van der Waals surface area contributed by atoms with Gasteiger partial charge in [0.25, 0.3) is 0 Å². The van der Waals surface area contributed by atoms with E-state index in [1.165, 1.54) is 0 Å². The van der Waals surface area contributed by atoms with E-state index in [1.54, 1.807) is 12.1 Å². The molecule has 0 bridgehead atoms. The lowest BCUT2D eigenvalue weighted by Gasteiger charge is -2.18. The molecule has 0 saturated carbocycles. The number of benzene rings is 2. The minimum Gasteiger partial charge on any atom is -0.491 e. The number of carbonyl (C=O) groups is 2. The number of nitrogens with zero attached hydrogens (tertiary/aromatic N) is 1. The zero-order chi connectivity index (χ0) is 24.7. The van der Waals surface area contributed by atoms with Gasteiger partial charge < -0.3 is 18.8 Å². The molecule has 0 spiro atoms. The molecule has 182 valence electrons. The van der Waals surface area contributed by atoms with E-state index in [2.05, 4.69) is 41.3 Å². The zero-order valence-corrected chi connectivity index (χ0v) is 22.4. The third kappa shape index (κ3) is 6.39. The van der Waals surface area contributed by atoms with E-state index in [4.69, 9.17) is 13.9 Å². The highest BCUT2D eigenvalue weighted by Gasteiger charge is 2.25. The molecule has 7 heteroatoms. The predicted octanol–water partition coefficient (Wildman–Crippen LogP) is 5.87. The van der Waals surface area contributed by atoms with Crippen molar-refractivity contribution in [2.75, 3.05) is 26.2 Å². The number of rotatable bonds is 12. The van der Waals surface area contributed by atoms with Gasteiger partial charge in [0.05, 0.1) is 15.2 Å². The summed E-state index contributed by atoms with van der Waals surface area (Å²) in [5.41, 5.74) is 1.49. The minimum atomic E-state index is -0.408. The Morgan fingerprint density at radius 2 is 1.82 bits per heavy atom. The van der Waals surface area contributed by atoms with Gasteiger partial charge in [-0.05, 0) is 73.3 Å². The monoisotopic (exact) mass is 577 g/mol. The Morgan fingerprint density at radius 1 is 1.09 bits per heavy atom. The summed E-state index contributed by atoms with van der Waals surface area (Å²) in [7, 11) is 0. The molecule has 0 unspecified atom stereocenters. The second kappa shape index (κ2) is 12.4. The molecule has 0 aliphatic rings. The molecule has 34 heavy (non-hydrogen) atoms. The third-order valence-corrected chi connectivity index (χ3v) is 6.70. The second-order valence-electron chi connectivity index (χ2n) is 8.13. The van der Waals surface area contributed by atoms with Crippen molar-refractivity contribution in [1.82, 2.24) is 4.90 Å². The van der Waals surface area contributed by atoms with E-state index >= 15 is 0 Å². The van der Waals surface area contributed by atoms with Crippen LogP contribution in [0.15, 0.2) is 46.9 Å². The summed E-state index contributed by atoms with van der Waals surface area (Å²) in [4.78, 5) is 28.3. The molecule has 0 aliphatic carbocycles. The van der Waals surface area contributed by atoms with E-state index < -0.39 is 5.97 Å². The highest BCUT2D eigenvalue weighted by atomic mass is 127. The van der Waals surface area contributed by atoms with Crippen molar-refractivity contribution >= 4 is 45.3 Å². The number of ketones is 1. The maximum atomic E-state index is 13.6. The number of likely N-dealkylation sites (N-methyl/N-ethyl adjacent to an activating group) is 1. The van der Waals surface area contributed by atoms with Crippen LogP contribution in [0.2, 0.25) is 0 Å². The highest BCUT2D eigenvalue weighted by Crippen LogP contribution is 2.30. The Bertz CT molecular complexity index is 1140. The minimum absolute atomic E-state index is 0.0935. The number of carbonyl (C=O) groups excluding carboxylic acids is 2. The van der Waals surface area contributed by atoms with Crippen molar-refractivity contribution in [3.8, 4) is 5.75 Å². The van der Waals surface area contributed by atoms with Crippen LogP contribution in [0.1, 0.15) is 55.8 Å². The topological polar surface area (TPSA) is 69.0 Å². The summed E-state index contributed by atoms with van der Waals surface area (Å²) in [6.07, 6.45) is 0.440. The summed E-state index contributed by atoms with van der Waals surface area (Å²) in [5, 5.41) is 0.688.